The number of aromatic amines is 1. The number of carbonyl (C=O) groups is 2. The van der Waals surface area contributed by atoms with Gasteiger partial charge in [0.15, 0.2) is 0 Å². The molecule has 2 N–H and O–H groups in total. The fourth-order valence-corrected chi connectivity index (χ4v) is 4.21. The minimum absolute atomic E-state index is 0.172. The van der Waals surface area contributed by atoms with E-state index in [0.717, 1.165) is 54.8 Å². The first-order valence-electron chi connectivity index (χ1n) is 11.7. The van der Waals surface area contributed by atoms with E-state index in [-0.39, 0.29) is 5.97 Å². The first-order chi connectivity index (χ1) is 16.5. The van der Waals surface area contributed by atoms with Gasteiger partial charge in [-0.25, -0.2) is 14.2 Å². The number of benzene rings is 2. The largest absolute Gasteiger partial charge is 0.465 e. The number of hydrogen-bond acceptors (Lipinski definition) is 6. The maximum Gasteiger partial charge on any atom is 0.334 e. The Labute approximate surface area is 198 Å². The third-order valence-corrected chi connectivity index (χ3v) is 6.08. The molecule has 34 heavy (non-hydrogen) atoms. The summed E-state index contributed by atoms with van der Waals surface area (Å²) < 4.78 is 6.19. The second-order valence-electron chi connectivity index (χ2n) is 8.43. The maximum absolute atomic E-state index is 12.8. The van der Waals surface area contributed by atoms with Crippen LogP contribution >= 0.6 is 0 Å². The molecule has 4 rings (SSSR count). The van der Waals surface area contributed by atoms with Crippen LogP contribution in [0.2, 0.25) is 0 Å². The van der Waals surface area contributed by atoms with Crippen molar-refractivity contribution >= 4 is 23.0 Å². The van der Waals surface area contributed by atoms with Crippen LogP contribution in [0.25, 0.3) is 11.0 Å². The summed E-state index contributed by atoms with van der Waals surface area (Å²) in [6.07, 6.45) is 0.804. The van der Waals surface area contributed by atoms with Gasteiger partial charge < -0.3 is 19.9 Å². The molecule has 0 aliphatic carbocycles. The highest BCUT2D eigenvalue weighted by atomic mass is 16.5. The standard InChI is InChI=1S/C25H31N5O4/c1-2-34-23(31)18-29-14-12-28(13-15-29)11-10-19-8-9-21-22(16-19)30(25(33)27-21)24(32)26-17-20-6-4-3-5-7-20/h3-9,16H,2,10-15,17-18H2,1H3,(H,26,32)(H,27,33). The van der Waals surface area contributed by atoms with Crippen LogP contribution in [0, 0.1) is 0 Å². The van der Waals surface area contributed by atoms with Crippen LogP contribution < -0.4 is 11.0 Å². The minimum atomic E-state index is -0.449. The summed E-state index contributed by atoms with van der Waals surface area (Å²) in [7, 11) is 0. The van der Waals surface area contributed by atoms with E-state index in [9.17, 15) is 14.4 Å². The number of amides is 1. The van der Waals surface area contributed by atoms with E-state index in [2.05, 4.69) is 20.1 Å². The van der Waals surface area contributed by atoms with Crippen LogP contribution in [0.4, 0.5) is 4.79 Å². The predicted octanol–water partition coefficient (Wildman–Crippen LogP) is 1.81. The molecule has 2 aromatic carbocycles. The Bertz CT molecular complexity index is 1180. The van der Waals surface area contributed by atoms with Gasteiger partial charge in [0.2, 0.25) is 0 Å². The van der Waals surface area contributed by atoms with E-state index in [1.54, 1.807) is 0 Å². The van der Waals surface area contributed by atoms with Crippen LogP contribution in [-0.2, 0) is 22.5 Å². The number of imidazole rings is 1. The number of esters is 1. The van der Waals surface area contributed by atoms with Gasteiger partial charge >= 0.3 is 17.7 Å². The van der Waals surface area contributed by atoms with Crippen molar-refractivity contribution in [2.45, 2.75) is 19.9 Å². The molecule has 9 heteroatoms. The maximum atomic E-state index is 12.8. The smallest absolute Gasteiger partial charge is 0.334 e. The zero-order chi connectivity index (χ0) is 23.9. The average Bonchev–Trinajstić information content (AvgIpc) is 3.18. The van der Waals surface area contributed by atoms with Gasteiger partial charge in [-0.05, 0) is 36.6 Å². The molecule has 1 fully saturated rings. The number of piperazine rings is 1. The van der Waals surface area contributed by atoms with Crippen molar-refractivity contribution in [2.75, 3.05) is 45.9 Å². The van der Waals surface area contributed by atoms with E-state index in [0.29, 0.717) is 30.7 Å². The molecule has 1 saturated heterocycles. The van der Waals surface area contributed by atoms with E-state index >= 15 is 0 Å². The van der Waals surface area contributed by atoms with Gasteiger partial charge in [0.05, 0.1) is 24.2 Å². The van der Waals surface area contributed by atoms with Crippen LogP contribution in [0.1, 0.15) is 18.1 Å². The monoisotopic (exact) mass is 465 g/mol. The van der Waals surface area contributed by atoms with Crippen molar-refractivity contribution < 1.29 is 14.3 Å². The lowest BCUT2D eigenvalue weighted by Gasteiger charge is -2.34. The molecule has 180 valence electrons. The predicted molar refractivity (Wildman–Crippen MR) is 130 cm³/mol. The molecule has 0 saturated carbocycles. The minimum Gasteiger partial charge on any atom is -0.465 e. The van der Waals surface area contributed by atoms with Gasteiger partial charge in [0.1, 0.15) is 0 Å². The van der Waals surface area contributed by atoms with Crippen molar-refractivity contribution in [1.29, 1.82) is 0 Å². The first kappa shape index (κ1) is 23.7. The molecule has 1 aromatic heterocycles. The van der Waals surface area contributed by atoms with E-state index in [1.165, 1.54) is 0 Å². The molecule has 3 aromatic rings. The highest BCUT2D eigenvalue weighted by Crippen LogP contribution is 2.14. The highest BCUT2D eigenvalue weighted by molar-refractivity contribution is 5.89. The summed E-state index contributed by atoms with van der Waals surface area (Å²) in [5.74, 6) is -0.172. The number of H-pyrrole nitrogens is 1. The Morgan fingerprint density at radius 1 is 1.00 bits per heavy atom. The molecular weight excluding hydrogens is 434 g/mol. The van der Waals surface area contributed by atoms with Gasteiger partial charge in [0, 0.05) is 39.3 Å². The van der Waals surface area contributed by atoms with E-state index < -0.39 is 11.7 Å². The van der Waals surface area contributed by atoms with E-state index in [4.69, 9.17) is 4.74 Å². The second-order valence-corrected chi connectivity index (χ2v) is 8.43. The number of rotatable bonds is 8. The lowest BCUT2D eigenvalue weighted by molar-refractivity contribution is -0.144. The number of aromatic nitrogens is 2. The third-order valence-electron chi connectivity index (χ3n) is 6.08. The van der Waals surface area contributed by atoms with Crippen molar-refractivity contribution in [3.8, 4) is 0 Å². The molecule has 0 bridgehead atoms. The lowest BCUT2D eigenvalue weighted by Crippen LogP contribution is -2.48. The van der Waals surface area contributed by atoms with Crippen LogP contribution in [0.5, 0.6) is 0 Å². The van der Waals surface area contributed by atoms with E-state index in [1.807, 2.05) is 55.5 Å². The third kappa shape index (κ3) is 5.92. The second kappa shape index (κ2) is 11.1. The Kier molecular flexibility index (Phi) is 7.76. The molecule has 0 unspecified atom stereocenters. The molecule has 1 amide bonds. The molecule has 1 aliphatic heterocycles. The van der Waals surface area contributed by atoms with Gasteiger partial charge in [-0.2, -0.15) is 0 Å². The molecule has 0 radical (unpaired) electrons. The van der Waals surface area contributed by atoms with Gasteiger partial charge in [0.25, 0.3) is 0 Å². The van der Waals surface area contributed by atoms with Crippen molar-refractivity contribution in [3.05, 3.63) is 70.1 Å². The molecule has 2 heterocycles. The Morgan fingerprint density at radius 3 is 2.47 bits per heavy atom. The Morgan fingerprint density at radius 2 is 1.74 bits per heavy atom. The quantitative estimate of drug-likeness (QED) is 0.493. The summed E-state index contributed by atoms with van der Waals surface area (Å²) in [6.45, 7) is 7.22. The van der Waals surface area contributed by atoms with Crippen molar-refractivity contribution in [3.63, 3.8) is 0 Å². The molecule has 9 nitrogen and oxygen atoms in total. The Hall–Kier alpha value is -3.43. The summed E-state index contributed by atoms with van der Waals surface area (Å²) in [5, 5.41) is 2.82. The van der Waals surface area contributed by atoms with Crippen LogP contribution in [0.3, 0.4) is 0 Å². The zero-order valence-electron chi connectivity index (χ0n) is 19.5. The zero-order valence-corrected chi connectivity index (χ0v) is 19.5. The number of ether oxygens (including phenoxy) is 1. The van der Waals surface area contributed by atoms with Gasteiger partial charge in [-0.3, -0.25) is 9.69 Å². The van der Waals surface area contributed by atoms with Crippen molar-refractivity contribution in [1.82, 2.24) is 24.7 Å². The van der Waals surface area contributed by atoms with Gasteiger partial charge in [-0.15, -0.1) is 0 Å². The first-order valence-corrected chi connectivity index (χ1v) is 11.7. The number of nitrogens with one attached hydrogen (secondary N) is 2. The van der Waals surface area contributed by atoms with Crippen LogP contribution in [0.15, 0.2) is 53.3 Å². The average molecular weight is 466 g/mol. The number of carbonyl (C=O) groups excluding carboxylic acids is 2. The lowest BCUT2D eigenvalue weighted by atomic mass is 10.1. The topological polar surface area (TPSA) is 99.7 Å². The normalized spacial score (nSPS) is 14.9. The Balaban J connectivity index is 1.35. The number of hydrogen-bond donors (Lipinski definition) is 2. The fourth-order valence-electron chi connectivity index (χ4n) is 4.21. The molecule has 0 spiro atoms. The summed E-state index contributed by atoms with van der Waals surface area (Å²) in [4.78, 5) is 44.1. The van der Waals surface area contributed by atoms with Gasteiger partial charge in [-0.1, -0.05) is 36.4 Å². The van der Waals surface area contributed by atoms with Crippen LogP contribution in [-0.4, -0.2) is 77.2 Å². The molecule has 1 aliphatic rings. The highest BCUT2D eigenvalue weighted by Gasteiger charge is 2.19. The van der Waals surface area contributed by atoms with Crippen molar-refractivity contribution in [2.24, 2.45) is 0 Å². The summed E-state index contributed by atoms with van der Waals surface area (Å²) >= 11 is 0. The molecular formula is C25H31N5O4. The summed E-state index contributed by atoms with van der Waals surface area (Å²) in [6, 6.07) is 14.9. The number of nitrogens with zero attached hydrogens (tertiary/aromatic N) is 3. The molecule has 0 atom stereocenters. The summed E-state index contributed by atoms with van der Waals surface area (Å²) in [5.41, 5.74) is 2.79. The number of fused-ring (bicyclic) bond motifs is 1. The SMILES string of the molecule is CCOC(=O)CN1CCN(CCc2ccc3[nH]c(=O)n(C(=O)NCc4ccccc4)c3c2)CC1. The fraction of sp³-hybridized carbons (Fsp3) is 0.400.